The molecule has 1 heterocycles. The zero-order valence-electron chi connectivity index (χ0n) is 11.3. The lowest BCUT2D eigenvalue weighted by molar-refractivity contribution is 0.00272. The van der Waals surface area contributed by atoms with E-state index in [1.165, 1.54) is 11.1 Å². The molecule has 0 unspecified atom stereocenters. The van der Waals surface area contributed by atoms with Crippen molar-refractivity contribution >= 4 is 0 Å². The molecule has 0 amide bonds. The molecule has 1 aromatic rings. The molecule has 3 heteroatoms. The molecule has 2 rings (SSSR count). The molecule has 1 aliphatic heterocycles. The van der Waals surface area contributed by atoms with Crippen molar-refractivity contribution in [2.24, 2.45) is 0 Å². The van der Waals surface area contributed by atoms with Crippen LogP contribution in [0, 0.1) is 6.92 Å². The van der Waals surface area contributed by atoms with Crippen molar-refractivity contribution in [3.63, 3.8) is 0 Å². The van der Waals surface area contributed by atoms with Gasteiger partial charge >= 0.3 is 0 Å². The van der Waals surface area contributed by atoms with Gasteiger partial charge in [0.1, 0.15) is 5.75 Å². The van der Waals surface area contributed by atoms with Crippen molar-refractivity contribution in [3.8, 4) is 5.75 Å². The van der Waals surface area contributed by atoms with Gasteiger partial charge in [-0.2, -0.15) is 0 Å². The summed E-state index contributed by atoms with van der Waals surface area (Å²) in [6.45, 7) is 3.92. The topological polar surface area (TPSA) is 41.5 Å². The van der Waals surface area contributed by atoms with Crippen LogP contribution in [0.5, 0.6) is 5.75 Å². The number of hydrogen-bond donors (Lipinski definition) is 2. The molecule has 1 aromatic carbocycles. The summed E-state index contributed by atoms with van der Waals surface area (Å²) in [5.41, 5.74) is 1.94. The molecule has 18 heavy (non-hydrogen) atoms. The first kappa shape index (κ1) is 13.4. The Kier molecular flexibility index (Phi) is 4.25. The summed E-state index contributed by atoms with van der Waals surface area (Å²) in [7, 11) is 1.70. The van der Waals surface area contributed by atoms with Gasteiger partial charge in [-0.15, -0.1) is 0 Å². The number of methoxy groups -OCH3 is 1. The van der Waals surface area contributed by atoms with Crippen molar-refractivity contribution < 1.29 is 9.84 Å². The summed E-state index contributed by atoms with van der Waals surface area (Å²) in [4.78, 5) is 0. The highest BCUT2D eigenvalue weighted by molar-refractivity contribution is 5.37. The number of benzene rings is 1. The fraction of sp³-hybridized carbons (Fsp3) is 0.600. The minimum Gasteiger partial charge on any atom is -0.496 e. The quantitative estimate of drug-likeness (QED) is 0.858. The number of hydrogen-bond acceptors (Lipinski definition) is 3. The smallest absolute Gasteiger partial charge is 0.122 e. The van der Waals surface area contributed by atoms with Crippen molar-refractivity contribution in [1.82, 2.24) is 5.32 Å². The van der Waals surface area contributed by atoms with Gasteiger partial charge in [0.05, 0.1) is 12.7 Å². The molecule has 1 fully saturated rings. The predicted molar refractivity (Wildman–Crippen MR) is 73.1 cm³/mol. The zero-order valence-corrected chi connectivity index (χ0v) is 11.3. The molecule has 1 saturated heterocycles. The number of rotatable bonds is 4. The summed E-state index contributed by atoms with van der Waals surface area (Å²) < 4.78 is 5.38. The summed E-state index contributed by atoms with van der Waals surface area (Å²) >= 11 is 0. The zero-order chi connectivity index (χ0) is 13.0. The first-order valence-electron chi connectivity index (χ1n) is 6.70. The molecule has 0 bridgehead atoms. The van der Waals surface area contributed by atoms with Crippen LogP contribution in [-0.2, 0) is 6.42 Å². The van der Waals surface area contributed by atoms with Crippen LogP contribution in [0.2, 0.25) is 0 Å². The van der Waals surface area contributed by atoms with E-state index in [0.717, 1.165) is 44.5 Å². The summed E-state index contributed by atoms with van der Waals surface area (Å²) in [6.07, 6.45) is 3.39. The van der Waals surface area contributed by atoms with Crippen molar-refractivity contribution in [2.75, 3.05) is 20.2 Å². The van der Waals surface area contributed by atoms with E-state index in [9.17, 15) is 5.11 Å². The molecular formula is C15H23NO2. The molecule has 1 aliphatic rings. The second kappa shape index (κ2) is 5.72. The van der Waals surface area contributed by atoms with Gasteiger partial charge in [0.25, 0.3) is 0 Å². The van der Waals surface area contributed by atoms with E-state index < -0.39 is 5.60 Å². The summed E-state index contributed by atoms with van der Waals surface area (Å²) in [5.74, 6) is 0.929. The van der Waals surface area contributed by atoms with E-state index in [1.807, 2.05) is 6.07 Å². The Bertz CT molecular complexity index is 397. The monoisotopic (exact) mass is 249 g/mol. The molecule has 0 radical (unpaired) electrons. The molecular weight excluding hydrogens is 226 g/mol. The average molecular weight is 249 g/mol. The number of piperidine rings is 1. The summed E-state index contributed by atoms with van der Waals surface area (Å²) in [5, 5.41) is 13.8. The Hall–Kier alpha value is -1.06. The Morgan fingerprint density at radius 1 is 1.33 bits per heavy atom. The number of aryl methyl sites for hydroxylation is 2. The average Bonchev–Trinajstić information content (AvgIpc) is 2.38. The second-order valence-corrected chi connectivity index (χ2v) is 5.29. The SMILES string of the molecule is COc1ccc(C)cc1CCC1(O)CCNCC1. The van der Waals surface area contributed by atoms with Gasteiger partial charge in [-0.3, -0.25) is 0 Å². The largest absolute Gasteiger partial charge is 0.496 e. The summed E-state index contributed by atoms with van der Waals surface area (Å²) in [6, 6.07) is 6.22. The second-order valence-electron chi connectivity index (χ2n) is 5.29. The van der Waals surface area contributed by atoms with Gasteiger partial charge in [-0.05, 0) is 57.3 Å². The van der Waals surface area contributed by atoms with Gasteiger partial charge in [0.15, 0.2) is 0 Å². The van der Waals surface area contributed by atoms with Crippen LogP contribution in [-0.4, -0.2) is 30.9 Å². The van der Waals surface area contributed by atoms with E-state index in [-0.39, 0.29) is 0 Å². The molecule has 0 aromatic heterocycles. The Morgan fingerprint density at radius 3 is 2.72 bits per heavy atom. The molecule has 2 N–H and O–H groups in total. The maximum atomic E-state index is 10.5. The third kappa shape index (κ3) is 3.24. The highest BCUT2D eigenvalue weighted by Crippen LogP contribution is 2.27. The van der Waals surface area contributed by atoms with Crippen LogP contribution in [0.3, 0.4) is 0 Å². The van der Waals surface area contributed by atoms with Gasteiger partial charge in [0.2, 0.25) is 0 Å². The number of aliphatic hydroxyl groups is 1. The third-order valence-electron chi connectivity index (χ3n) is 3.83. The fourth-order valence-electron chi connectivity index (χ4n) is 2.61. The van der Waals surface area contributed by atoms with Crippen molar-refractivity contribution in [3.05, 3.63) is 29.3 Å². The molecule has 100 valence electrons. The Morgan fingerprint density at radius 2 is 2.06 bits per heavy atom. The van der Waals surface area contributed by atoms with Gasteiger partial charge in [-0.25, -0.2) is 0 Å². The van der Waals surface area contributed by atoms with Crippen molar-refractivity contribution in [2.45, 2.75) is 38.2 Å². The predicted octanol–water partition coefficient (Wildman–Crippen LogP) is 2.05. The highest BCUT2D eigenvalue weighted by Gasteiger charge is 2.28. The number of ether oxygens (including phenoxy) is 1. The first-order chi connectivity index (χ1) is 8.63. The molecule has 0 aliphatic carbocycles. The van der Waals surface area contributed by atoms with Crippen molar-refractivity contribution in [1.29, 1.82) is 0 Å². The lowest BCUT2D eigenvalue weighted by atomic mass is 9.86. The maximum Gasteiger partial charge on any atom is 0.122 e. The van der Waals surface area contributed by atoms with E-state index in [2.05, 4.69) is 24.4 Å². The lowest BCUT2D eigenvalue weighted by Gasteiger charge is -2.32. The molecule has 3 nitrogen and oxygen atoms in total. The Balaban J connectivity index is 2.02. The van der Waals surface area contributed by atoms with Gasteiger partial charge in [0, 0.05) is 0 Å². The highest BCUT2D eigenvalue weighted by atomic mass is 16.5. The van der Waals surface area contributed by atoms with Crippen LogP contribution >= 0.6 is 0 Å². The first-order valence-corrected chi connectivity index (χ1v) is 6.70. The fourth-order valence-corrected chi connectivity index (χ4v) is 2.61. The molecule has 0 atom stereocenters. The van der Waals surface area contributed by atoms with Crippen LogP contribution in [0.1, 0.15) is 30.4 Å². The van der Waals surface area contributed by atoms with Crippen LogP contribution < -0.4 is 10.1 Å². The van der Waals surface area contributed by atoms with E-state index in [1.54, 1.807) is 7.11 Å². The normalized spacial score (nSPS) is 18.6. The number of nitrogens with one attached hydrogen (secondary N) is 1. The van der Waals surface area contributed by atoms with Gasteiger partial charge < -0.3 is 15.2 Å². The molecule has 0 saturated carbocycles. The van der Waals surface area contributed by atoms with E-state index >= 15 is 0 Å². The lowest BCUT2D eigenvalue weighted by Crippen LogP contribution is -2.42. The Labute approximate surface area is 109 Å². The third-order valence-corrected chi connectivity index (χ3v) is 3.83. The minimum atomic E-state index is -0.500. The molecule has 0 spiro atoms. The van der Waals surface area contributed by atoms with E-state index in [0.29, 0.717) is 0 Å². The van der Waals surface area contributed by atoms with Crippen LogP contribution in [0.15, 0.2) is 18.2 Å². The van der Waals surface area contributed by atoms with Crippen LogP contribution in [0.4, 0.5) is 0 Å². The minimum absolute atomic E-state index is 0.500. The maximum absolute atomic E-state index is 10.5. The van der Waals surface area contributed by atoms with Crippen LogP contribution in [0.25, 0.3) is 0 Å². The standard InChI is InChI=1S/C15H23NO2/c1-12-3-4-14(18-2)13(11-12)5-6-15(17)7-9-16-10-8-15/h3-4,11,16-17H,5-10H2,1-2H3. The van der Waals surface area contributed by atoms with Gasteiger partial charge in [-0.1, -0.05) is 17.7 Å². The van der Waals surface area contributed by atoms with E-state index in [4.69, 9.17) is 4.74 Å².